The summed E-state index contributed by atoms with van der Waals surface area (Å²) < 4.78 is 28.3. The van der Waals surface area contributed by atoms with Gasteiger partial charge in [0.2, 0.25) is 0 Å². The quantitative estimate of drug-likeness (QED) is 0.717. The van der Waals surface area contributed by atoms with Gasteiger partial charge in [-0.15, -0.1) is 0 Å². The lowest BCUT2D eigenvalue weighted by Gasteiger charge is -2.30. The van der Waals surface area contributed by atoms with E-state index in [0.29, 0.717) is 25.3 Å². The minimum absolute atomic E-state index is 0.108. The molecule has 2 aromatic rings. The second kappa shape index (κ2) is 8.36. The molecule has 0 spiro atoms. The first-order valence-electron chi connectivity index (χ1n) is 10.2. The number of sulfonamides is 1. The van der Waals surface area contributed by atoms with Gasteiger partial charge in [0.15, 0.2) is 0 Å². The van der Waals surface area contributed by atoms with Gasteiger partial charge in [-0.05, 0) is 55.5 Å². The molecule has 0 bridgehead atoms. The molecule has 1 saturated heterocycles. The normalized spacial score (nSPS) is 17.6. The molecule has 0 saturated carbocycles. The van der Waals surface area contributed by atoms with Crippen molar-refractivity contribution in [2.24, 2.45) is 0 Å². The van der Waals surface area contributed by atoms with Gasteiger partial charge in [0.1, 0.15) is 0 Å². The van der Waals surface area contributed by atoms with Crippen molar-refractivity contribution < 1.29 is 13.2 Å². The number of nitrogens with zero attached hydrogens (tertiary/aromatic N) is 2. The summed E-state index contributed by atoms with van der Waals surface area (Å²) in [5.74, 6) is -0.187. The zero-order valence-electron chi connectivity index (χ0n) is 16.3. The Morgan fingerprint density at radius 3 is 2.38 bits per heavy atom. The Hall–Kier alpha value is -2.05. The number of aryl methyl sites for hydroxylation is 1. The Kier molecular flexibility index (Phi) is 5.83. The van der Waals surface area contributed by atoms with Crippen molar-refractivity contribution in [2.45, 2.75) is 43.4 Å². The SMILES string of the molecule is O=C(c1cc(S(=O)(=O)N2CCCc3ccccc32)ccc1Cl)N1CCCCCC1. The number of carbonyl (C=O) groups excluding carboxylic acids is 1. The van der Waals surface area contributed by atoms with Gasteiger partial charge >= 0.3 is 0 Å². The highest BCUT2D eigenvalue weighted by Crippen LogP contribution is 2.33. The highest BCUT2D eigenvalue weighted by molar-refractivity contribution is 7.92. The number of para-hydroxylation sites is 1. The summed E-state index contributed by atoms with van der Waals surface area (Å²) in [7, 11) is -3.78. The van der Waals surface area contributed by atoms with E-state index in [9.17, 15) is 13.2 Å². The van der Waals surface area contributed by atoms with Crippen LogP contribution in [0.25, 0.3) is 0 Å². The van der Waals surface area contributed by atoms with Gasteiger partial charge in [-0.3, -0.25) is 9.10 Å². The molecule has 7 heteroatoms. The minimum atomic E-state index is -3.78. The molecule has 0 atom stereocenters. The molecule has 154 valence electrons. The fourth-order valence-electron chi connectivity index (χ4n) is 4.15. The zero-order valence-corrected chi connectivity index (χ0v) is 17.9. The monoisotopic (exact) mass is 432 g/mol. The Bertz CT molecular complexity index is 1010. The smallest absolute Gasteiger partial charge is 0.264 e. The van der Waals surface area contributed by atoms with Crippen molar-refractivity contribution in [1.29, 1.82) is 0 Å². The first-order chi connectivity index (χ1) is 14.0. The zero-order chi connectivity index (χ0) is 20.4. The summed E-state index contributed by atoms with van der Waals surface area (Å²) >= 11 is 6.31. The molecule has 2 aliphatic heterocycles. The van der Waals surface area contributed by atoms with Crippen LogP contribution in [0.5, 0.6) is 0 Å². The van der Waals surface area contributed by atoms with Gasteiger partial charge in [0.05, 0.1) is 21.2 Å². The van der Waals surface area contributed by atoms with Crippen LogP contribution in [0, 0.1) is 0 Å². The topological polar surface area (TPSA) is 57.7 Å². The maximum absolute atomic E-state index is 13.4. The van der Waals surface area contributed by atoms with Gasteiger partial charge in [-0.25, -0.2) is 8.42 Å². The van der Waals surface area contributed by atoms with Crippen LogP contribution in [0.3, 0.4) is 0 Å². The summed E-state index contributed by atoms with van der Waals surface area (Å²) in [5, 5.41) is 0.289. The van der Waals surface area contributed by atoms with Crippen LogP contribution in [-0.4, -0.2) is 38.9 Å². The highest BCUT2D eigenvalue weighted by Gasteiger charge is 2.30. The second-order valence-corrected chi connectivity index (χ2v) is 9.93. The van der Waals surface area contributed by atoms with Crippen LogP contribution < -0.4 is 4.31 Å². The molecule has 0 aromatic heterocycles. The largest absolute Gasteiger partial charge is 0.339 e. The number of anilines is 1. The Morgan fingerprint density at radius 1 is 0.897 bits per heavy atom. The number of rotatable bonds is 3. The van der Waals surface area contributed by atoms with E-state index in [4.69, 9.17) is 11.6 Å². The van der Waals surface area contributed by atoms with Crippen molar-refractivity contribution in [3.05, 3.63) is 58.6 Å². The number of carbonyl (C=O) groups is 1. The Labute approximate surface area is 177 Å². The lowest BCUT2D eigenvalue weighted by atomic mass is 10.0. The fourth-order valence-corrected chi connectivity index (χ4v) is 5.92. The molecular formula is C22H25ClN2O3S. The molecule has 2 aliphatic rings. The highest BCUT2D eigenvalue weighted by atomic mass is 35.5. The summed E-state index contributed by atoms with van der Waals surface area (Å²) in [5.41, 5.74) is 2.01. The number of likely N-dealkylation sites (tertiary alicyclic amines) is 1. The van der Waals surface area contributed by atoms with E-state index < -0.39 is 10.0 Å². The summed E-state index contributed by atoms with van der Waals surface area (Å²) in [6.45, 7) is 1.80. The van der Waals surface area contributed by atoms with Gasteiger partial charge in [0.25, 0.3) is 15.9 Å². The molecule has 0 N–H and O–H groups in total. The second-order valence-electron chi connectivity index (χ2n) is 7.66. The number of fused-ring (bicyclic) bond motifs is 1. The molecule has 0 aliphatic carbocycles. The summed E-state index contributed by atoms with van der Waals surface area (Å²) in [6, 6.07) is 12.0. The van der Waals surface area contributed by atoms with Crippen molar-refractivity contribution in [3.63, 3.8) is 0 Å². The van der Waals surface area contributed by atoms with Crippen LogP contribution in [0.2, 0.25) is 5.02 Å². The predicted octanol–water partition coefficient (Wildman–Crippen LogP) is 4.50. The van der Waals surface area contributed by atoms with Gasteiger partial charge in [0, 0.05) is 19.6 Å². The summed E-state index contributed by atoms with van der Waals surface area (Å²) in [6.07, 6.45) is 5.78. The van der Waals surface area contributed by atoms with Crippen LogP contribution in [-0.2, 0) is 16.4 Å². The van der Waals surface area contributed by atoms with Crippen molar-refractivity contribution in [3.8, 4) is 0 Å². The number of hydrogen-bond donors (Lipinski definition) is 0. The third-order valence-electron chi connectivity index (χ3n) is 5.72. The van der Waals surface area contributed by atoms with Crippen LogP contribution in [0.1, 0.15) is 48.0 Å². The van der Waals surface area contributed by atoms with Crippen molar-refractivity contribution in [1.82, 2.24) is 4.90 Å². The van der Waals surface area contributed by atoms with E-state index in [1.54, 1.807) is 4.90 Å². The molecule has 0 unspecified atom stereocenters. The molecule has 0 radical (unpaired) electrons. The van der Waals surface area contributed by atoms with E-state index in [1.165, 1.54) is 22.5 Å². The van der Waals surface area contributed by atoms with Crippen LogP contribution in [0.4, 0.5) is 5.69 Å². The van der Waals surface area contributed by atoms with Crippen LogP contribution in [0.15, 0.2) is 47.4 Å². The maximum Gasteiger partial charge on any atom is 0.264 e. The molecule has 1 fully saturated rings. The van der Waals surface area contributed by atoms with Gasteiger partial charge < -0.3 is 4.90 Å². The molecule has 1 amide bonds. The van der Waals surface area contributed by atoms with Gasteiger partial charge in [-0.1, -0.05) is 42.6 Å². The first kappa shape index (κ1) is 20.2. The minimum Gasteiger partial charge on any atom is -0.339 e. The van der Waals surface area contributed by atoms with Crippen molar-refractivity contribution >= 4 is 33.2 Å². The third-order valence-corrected chi connectivity index (χ3v) is 7.86. The predicted molar refractivity (Wildman–Crippen MR) is 115 cm³/mol. The van der Waals surface area contributed by atoms with E-state index in [0.717, 1.165) is 44.1 Å². The molecule has 29 heavy (non-hydrogen) atoms. The molecule has 4 rings (SSSR count). The lowest BCUT2D eigenvalue weighted by molar-refractivity contribution is 0.0761. The Morgan fingerprint density at radius 2 is 1.62 bits per heavy atom. The first-order valence-corrected chi connectivity index (χ1v) is 12.0. The molecule has 5 nitrogen and oxygen atoms in total. The average Bonchev–Trinajstić information content (AvgIpc) is 3.02. The van der Waals surface area contributed by atoms with Crippen LogP contribution >= 0.6 is 11.6 Å². The maximum atomic E-state index is 13.4. The number of amides is 1. The van der Waals surface area contributed by atoms with Gasteiger partial charge in [-0.2, -0.15) is 0 Å². The van der Waals surface area contributed by atoms with Crippen molar-refractivity contribution in [2.75, 3.05) is 23.9 Å². The number of hydrogen-bond acceptors (Lipinski definition) is 3. The summed E-state index contributed by atoms with van der Waals surface area (Å²) in [4.78, 5) is 15.0. The van der Waals surface area contributed by atoms with E-state index in [1.807, 2.05) is 24.3 Å². The molecule has 2 heterocycles. The molecule has 2 aromatic carbocycles. The Balaban J connectivity index is 1.69. The van der Waals surface area contributed by atoms with E-state index in [2.05, 4.69) is 0 Å². The standard InChI is InChI=1S/C22H25ClN2O3S/c23-20-12-11-18(16-19(20)22(26)24-13-5-1-2-6-14-24)29(27,28)25-15-7-9-17-8-3-4-10-21(17)25/h3-4,8,10-12,16H,1-2,5-7,9,13-15H2. The number of benzene rings is 2. The fraction of sp³-hybridized carbons (Fsp3) is 0.409. The van der Waals surface area contributed by atoms with E-state index in [-0.39, 0.29) is 21.4 Å². The van der Waals surface area contributed by atoms with E-state index >= 15 is 0 Å². The molecular weight excluding hydrogens is 408 g/mol. The third kappa shape index (κ3) is 4.01. The average molecular weight is 433 g/mol. The lowest BCUT2D eigenvalue weighted by Crippen LogP contribution is -2.36. The number of halogens is 1.